The first kappa shape index (κ1) is 13.2. The molecule has 4 heteroatoms. The SMILES string of the molecule is CC(C)(C)c1nc2cccc(C(=O)O)c2n1CC1CC1. The maximum absolute atomic E-state index is 11.5. The van der Waals surface area contributed by atoms with Crippen molar-refractivity contribution in [2.45, 2.75) is 45.6 Å². The maximum Gasteiger partial charge on any atom is 0.337 e. The third kappa shape index (κ3) is 2.19. The Hall–Kier alpha value is -1.84. The van der Waals surface area contributed by atoms with E-state index < -0.39 is 5.97 Å². The normalized spacial score (nSPS) is 15.8. The van der Waals surface area contributed by atoms with E-state index in [9.17, 15) is 9.90 Å². The average Bonchev–Trinajstić information content (AvgIpc) is 3.08. The van der Waals surface area contributed by atoms with Gasteiger partial charge in [0, 0.05) is 12.0 Å². The van der Waals surface area contributed by atoms with Crippen LogP contribution >= 0.6 is 0 Å². The van der Waals surface area contributed by atoms with E-state index in [0.717, 1.165) is 23.4 Å². The van der Waals surface area contributed by atoms with E-state index in [1.807, 2.05) is 6.07 Å². The maximum atomic E-state index is 11.5. The zero-order chi connectivity index (χ0) is 14.5. The van der Waals surface area contributed by atoms with E-state index in [4.69, 9.17) is 4.98 Å². The van der Waals surface area contributed by atoms with E-state index >= 15 is 0 Å². The molecule has 1 fully saturated rings. The first-order valence-electron chi connectivity index (χ1n) is 7.11. The van der Waals surface area contributed by atoms with Crippen LogP contribution in [0.1, 0.15) is 49.8 Å². The summed E-state index contributed by atoms with van der Waals surface area (Å²) in [5.41, 5.74) is 1.82. The molecule has 0 aliphatic heterocycles. The smallest absolute Gasteiger partial charge is 0.337 e. The van der Waals surface area contributed by atoms with Crippen molar-refractivity contribution >= 4 is 17.0 Å². The number of nitrogens with zero attached hydrogens (tertiary/aromatic N) is 2. The zero-order valence-electron chi connectivity index (χ0n) is 12.2. The fraction of sp³-hybridized carbons (Fsp3) is 0.500. The number of hydrogen-bond donors (Lipinski definition) is 1. The highest BCUT2D eigenvalue weighted by atomic mass is 16.4. The standard InChI is InChI=1S/C16H20N2O2/c1-16(2,3)15-17-12-6-4-5-11(14(19)20)13(12)18(15)9-10-7-8-10/h4-6,10H,7-9H2,1-3H3,(H,19,20). The number of rotatable bonds is 3. The molecular formula is C16H20N2O2. The van der Waals surface area contributed by atoms with Crippen LogP contribution in [0.15, 0.2) is 18.2 Å². The Morgan fingerprint density at radius 2 is 2.10 bits per heavy atom. The molecule has 2 aromatic rings. The summed E-state index contributed by atoms with van der Waals surface area (Å²) in [6.07, 6.45) is 2.47. The molecule has 1 heterocycles. The molecule has 1 aliphatic carbocycles. The highest BCUT2D eigenvalue weighted by molar-refractivity contribution is 6.01. The van der Waals surface area contributed by atoms with Gasteiger partial charge in [-0.1, -0.05) is 26.8 Å². The fourth-order valence-corrected chi connectivity index (χ4v) is 2.67. The lowest BCUT2D eigenvalue weighted by molar-refractivity contribution is 0.0698. The molecule has 1 aromatic carbocycles. The number of hydrogen-bond acceptors (Lipinski definition) is 2. The Kier molecular flexibility index (Phi) is 2.85. The van der Waals surface area contributed by atoms with Crippen molar-refractivity contribution in [3.05, 3.63) is 29.6 Å². The quantitative estimate of drug-likeness (QED) is 0.931. The van der Waals surface area contributed by atoms with E-state index in [0.29, 0.717) is 11.5 Å². The van der Waals surface area contributed by atoms with Crippen molar-refractivity contribution in [1.82, 2.24) is 9.55 Å². The average molecular weight is 272 g/mol. The predicted molar refractivity (Wildman–Crippen MR) is 78.1 cm³/mol. The minimum Gasteiger partial charge on any atom is -0.478 e. The van der Waals surface area contributed by atoms with Crippen LogP contribution in [-0.2, 0) is 12.0 Å². The number of aromatic carboxylic acids is 1. The Morgan fingerprint density at radius 1 is 1.40 bits per heavy atom. The number of para-hydroxylation sites is 1. The second-order valence-corrected chi connectivity index (χ2v) is 6.72. The lowest BCUT2D eigenvalue weighted by atomic mass is 9.95. The molecule has 0 atom stereocenters. The van der Waals surface area contributed by atoms with E-state index in [1.165, 1.54) is 12.8 Å². The third-order valence-electron chi connectivity index (χ3n) is 3.81. The molecule has 1 aliphatic rings. The van der Waals surface area contributed by atoms with Gasteiger partial charge in [0.1, 0.15) is 5.82 Å². The van der Waals surface area contributed by atoms with Crippen LogP contribution in [0.3, 0.4) is 0 Å². The minimum atomic E-state index is -0.881. The summed E-state index contributed by atoms with van der Waals surface area (Å²) in [4.78, 5) is 16.2. The Labute approximate surface area is 118 Å². The number of carboxylic acids is 1. The first-order valence-corrected chi connectivity index (χ1v) is 7.11. The van der Waals surface area contributed by atoms with Crippen LogP contribution in [-0.4, -0.2) is 20.6 Å². The molecule has 20 heavy (non-hydrogen) atoms. The van der Waals surface area contributed by atoms with Gasteiger partial charge in [0.2, 0.25) is 0 Å². The van der Waals surface area contributed by atoms with Crippen molar-refractivity contribution in [2.75, 3.05) is 0 Å². The number of carbonyl (C=O) groups is 1. The second kappa shape index (κ2) is 4.33. The molecule has 4 nitrogen and oxygen atoms in total. The Morgan fingerprint density at radius 3 is 2.65 bits per heavy atom. The number of benzene rings is 1. The molecule has 0 saturated heterocycles. The Balaban J connectivity index is 2.28. The largest absolute Gasteiger partial charge is 0.478 e. The van der Waals surface area contributed by atoms with Gasteiger partial charge in [-0.05, 0) is 30.9 Å². The van der Waals surface area contributed by atoms with Crippen LogP contribution in [0.5, 0.6) is 0 Å². The monoisotopic (exact) mass is 272 g/mol. The van der Waals surface area contributed by atoms with Gasteiger partial charge in [0.05, 0.1) is 16.6 Å². The van der Waals surface area contributed by atoms with Crippen molar-refractivity contribution in [1.29, 1.82) is 0 Å². The molecule has 0 radical (unpaired) electrons. The zero-order valence-corrected chi connectivity index (χ0v) is 12.2. The lowest BCUT2D eigenvalue weighted by Crippen LogP contribution is -2.20. The molecule has 1 N–H and O–H groups in total. The second-order valence-electron chi connectivity index (χ2n) is 6.72. The third-order valence-corrected chi connectivity index (χ3v) is 3.81. The highest BCUT2D eigenvalue weighted by Gasteiger charge is 2.29. The summed E-state index contributed by atoms with van der Waals surface area (Å²) in [5, 5.41) is 9.43. The van der Waals surface area contributed by atoms with Crippen LogP contribution in [0.2, 0.25) is 0 Å². The molecule has 3 rings (SSSR count). The minimum absolute atomic E-state index is 0.0936. The van der Waals surface area contributed by atoms with E-state index in [-0.39, 0.29) is 5.41 Å². The summed E-state index contributed by atoms with van der Waals surface area (Å²) in [5.74, 6) is 0.774. The molecule has 0 unspecified atom stereocenters. The van der Waals surface area contributed by atoms with Crippen LogP contribution in [0.25, 0.3) is 11.0 Å². The molecular weight excluding hydrogens is 252 g/mol. The molecule has 0 spiro atoms. The van der Waals surface area contributed by atoms with E-state index in [1.54, 1.807) is 12.1 Å². The summed E-state index contributed by atoms with van der Waals surface area (Å²) in [7, 11) is 0. The number of fused-ring (bicyclic) bond motifs is 1. The lowest BCUT2D eigenvalue weighted by Gasteiger charge is -2.20. The van der Waals surface area contributed by atoms with Crippen molar-refractivity contribution in [2.24, 2.45) is 5.92 Å². The van der Waals surface area contributed by atoms with Gasteiger partial charge in [-0.15, -0.1) is 0 Å². The predicted octanol–water partition coefficient (Wildman–Crippen LogP) is 3.44. The fourth-order valence-electron chi connectivity index (χ4n) is 2.67. The molecule has 0 amide bonds. The van der Waals surface area contributed by atoms with Gasteiger partial charge in [-0.3, -0.25) is 0 Å². The van der Waals surface area contributed by atoms with Gasteiger partial charge in [-0.25, -0.2) is 9.78 Å². The van der Waals surface area contributed by atoms with E-state index in [2.05, 4.69) is 25.3 Å². The molecule has 106 valence electrons. The van der Waals surface area contributed by atoms with Crippen molar-refractivity contribution in [3.63, 3.8) is 0 Å². The number of aromatic nitrogens is 2. The van der Waals surface area contributed by atoms with Gasteiger partial charge in [-0.2, -0.15) is 0 Å². The number of imidazole rings is 1. The summed E-state index contributed by atoms with van der Waals surface area (Å²) < 4.78 is 2.14. The first-order chi connectivity index (χ1) is 9.38. The van der Waals surface area contributed by atoms with Crippen LogP contribution < -0.4 is 0 Å². The molecule has 1 saturated carbocycles. The topological polar surface area (TPSA) is 55.1 Å². The molecule has 0 bridgehead atoms. The summed E-state index contributed by atoms with van der Waals surface area (Å²) in [6, 6.07) is 5.34. The van der Waals surface area contributed by atoms with Crippen molar-refractivity contribution in [3.8, 4) is 0 Å². The molecule has 1 aromatic heterocycles. The summed E-state index contributed by atoms with van der Waals surface area (Å²) in [6.45, 7) is 7.25. The summed E-state index contributed by atoms with van der Waals surface area (Å²) >= 11 is 0. The highest BCUT2D eigenvalue weighted by Crippen LogP contribution is 2.35. The van der Waals surface area contributed by atoms with Gasteiger partial charge in [0.15, 0.2) is 0 Å². The number of carboxylic acid groups (broad SMARTS) is 1. The van der Waals surface area contributed by atoms with Gasteiger partial charge in [0.25, 0.3) is 0 Å². The van der Waals surface area contributed by atoms with Gasteiger partial charge < -0.3 is 9.67 Å². The van der Waals surface area contributed by atoms with Gasteiger partial charge >= 0.3 is 5.97 Å². The van der Waals surface area contributed by atoms with Crippen molar-refractivity contribution < 1.29 is 9.90 Å². The van der Waals surface area contributed by atoms with Crippen LogP contribution in [0, 0.1) is 5.92 Å². The Bertz CT molecular complexity index is 676. The van der Waals surface area contributed by atoms with Crippen LogP contribution in [0.4, 0.5) is 0 Å².